The fraction of sp³-hybridized carbons (Fsp3) is 0. The Morgan fingerprint density at radius 1 is 1.00 bits per heavy atom. The Balaban J connectivity index is 1.86. The molecule has 0 aliphatic rings. The van der Waals surface area contributed by atoms with Crippen LogP contribution in [0.25, 0.3) is 11.5 Å². The largest absolute Gasteiger partial charge is 0.321 e. The number of amides is 1. The molecule has 0 saturated carbocycles. The number of rotatable bonds is 4. The molecule has 4 aromatic rings. The molecule has 0 spiro atoms. The smallest absolute Gasteiger partial charge is 0.277 e. The molecule has 2 heterocycles. The SMILES string of the molecule is N#Cc1c(C(=O)Nc2ccccc2)nn(-c2ccc(Cl)cc2)c1-n1cccc1. The molecule has 7 heteroatoms. The highest BCUT2D eigenvalue weighted by Crippen LogP contribution is 2.24. The van der Waals surface area contributed by atoms with E-state index in [-0.39, 0.29) is 11.3 Å². The number of hydrogen-bond acceptors (Lipinski definition) is 3. The molecule has 0 fully saturated rings. The lowest BCUT2D eigenvalue weighted by Gasteiger charge is -2.08. The van der Waals surface area contributed by atoms with Gasteiger partial charge in [0.2, 0.25) is 0 Å². The summed E-state index contributed by atoms with van der Waals surface area (Å²) in [6, 6.07) is 21.9. The number of nitrogens with zero attached hydrogens (tertiary/aromatic N) is 4. The summed E-state index contributed by atoms with van der Waals surface area (Å²) in [4.78, 5) is 12.8. The van der Waals surface area contributed by atoms with Gasteiger partial charge in [-0.2, -0.15) is 10.4 Å². The summed E-state index contributed by atoms with van der Waals surface area (Å²) in [6.45, 7) is 0. The quantitative estimate of drug-likeness (QED) is 0.562. The van der Waals surface area contributed by atoms with Gasteiger partial charge in [0.1, 0.15) is 11.6 Å². The molecular weight excluding hydrogens is 374 g/mol. The van der Waals surface area contributed by atoms with Crippen molar-refractivity contribution in [1.29, 1.82) is 5.26 Å². The number of anilines is 1. The molecular formula is C21H14ClN5O. The van der Waals surface area contributed by atoms with E-state index >= 15 is 0 Å². The van der Waals surface area contributed by atoms with Crippen LogP contribution in [0.15, 0.2) is 79.1 Å². The van der Waals surface area contributed by atoms with Gasteiger partial charge in [0.25, 0.3) is 5.91 Å². The molecule has 4 rings (SSSR count). The first kappa shape index (κ1) is 17.6. The maximum absolute atomic E-state index is 12.8. The maximum Gasteiger partial charge on any atom is 0.277 e. The van der Waals surface area contributed by atoms with E-state index in [0.717, 1.165) is 0 Å². The van der Waals surface area contributed by atoms with Gasteiger partial charge < -0.3 is 9.88 Å². The summed E-state index contributed by atoms with van der Waals surface area (Å²) in [7, 11) is 0. The summed E-state index contributed by atoms with van der Waals surface area (Å²) in [5.41, 5.74) is 1.54. The number of hydrogen-bond donors (Lipinski definition) is 1. The van der Waals surface area contributed by atoms with Gasteiger partial charge in [-0.15, -0.1) is 0 Å². The van der Waals surface area contributed by atoms with Crippen molar-refractivity contribution in [3.8, 4) is 17.6 Å². The van der Waals surface area contributed by atoms with Gasteiger partial charge in [0.15, 0.2) is 11.5 Å². The molecule has 2 aromatic heterocycles. The summed E-state index contributed by atoms with van der Waals surface area (Å²) < 4.78 is 3.31. The molecule has 0 atom stereocenters. The van der Waals surface area contributed by atoms with Gasteiger partial charge in [-0.3, -0.25) is 4.79 Å². The normalized spacial score (nSPS) is 10.4. The standard InChI is InChI=1S/C21H14ClN5O/c22-15-8-10-17(11-9-15)27-21(26-12-4-5-13-26)18(14-23)19(25-27)20(28)24-16-6-2-1-3-7-16/h1-13H,(H,24,28). The highest BCUT2D eigenvalue weighted by atomic mass is 35.5. The Bertz CT molecular complexity index is 1160. The van der Waals surface area contributed by atoms with Gasteiger partial charge in [-0.25, -0.2) is 4.68 Å². The van der Waals surface area contributed by atoms with E-state index in [1.54, 1.807) is 58.0 Å². The van der Waals surface area contributed by atoms with Crippen LogP contribution in [0, 0.1) is 11.3 Å². The number of benzene rings is 2. The van der Waals surface area contributed by atoms with Crippen molar-refractivity contribution in [3.63, 3.8) is 0 Å². The maximum atomic E-state index is 12.8. The van der Waals surface area contributed by atoms with E-state index in [2.05, 4.69) is 16.5 Å². The molecule has 0 saturated heterocycles. The minimum Gasteiger partial charge on any atom is -0.321 e. The van der Waals surface area contributed by atoms with Crippen molar-refractivity contribution in [2.45, 2.75) is 0 Å². The fourth-order valence-electron chi connectivity index (χ4n) is 2.86. The minimum absolute atomic E-state index is 0.0463. The third-order valence-corrected chi connectivity index (χ3v) is 4.39. The second-order valence-electron chi connectivity index (χ2n) is 5.96. The average molecular weight is 388 g/mol. The van der Waals surface area contributed by atoms with Crippen LogP contribution in [0.1, 0.15) is 16.1 Å². The third kappa shape index (κ3) is 3.27. The molecule has 0 unspecified atom stereocenters. The van der Waals surface area contributed by atoms with E-state index in [4.69, 9.17) is 11.6 Å². The summed E-state index contributed by atoms with van der Waals surface area (Å²) in [5, 5.41) is 17.6. The molecule has 0 bridgehead atoms. The monoisotopic (exact) mass is 387 g/mol. The van der Waals surface area contributed by atoms with E-state index < -0.39 is 5.91 Å². The number of halogens is 1. The third-order valence-electron chi connectivity index (χ3n) is 4.14. The molecule has 28 heavy (non-hydrogen) atoms. The molecule has 0 aliphatic carbocycles. The highest BCUT2D eigenvalue weighted by molar-refractivity contribution is 6.30. The van der Waals surface area contributed by atoms with Crippen LogP contribution in [-0.4, -0.2) is 20.3 Å². The van der Waals surface area contributed by atoms with Crippen molar-refractivity contribution in [1.82, 2.24) is 14.3 Å². The molecule has 2 aromatic carbocycles. The van der Waals surface area contributed by atoms with Crippen LogP contribution >= 0.6 is 11.6 Å². The fourth-order valence-corrected chi connectivity index (χ4v) is 2.99. The predicted octanol–water partition coefficient (Wildman–Crippen LogP) is 4.44. The minimum atomic E-state index is -0.455. The van der Waals surface area contributed by atoms with Crippen molar-refractivity contribution in [2.75, 3.05) is 5.32 Å². The van der Waals surface area contributed by atoms with Gasteiger partial charge in [0, 0.05) is 23.1 Å². The average Bonchev–Trinajstić information content (AvgIpc) is 3.36. The number of carbonyl (C=O) groups is 1. The number of nitriles is 1. The first-order valence-electron chi connectivity index (χ1n) is 8.46. The molecule has 136 valence electrons. The van der Waals surface area contributed by atoms with Gasteiger partial charge in [-0.1, -0.05) is 29.8 Å². The van der Waals surface area contributed by atoms with Crippen LogP contribution in [0.4, 0.5) is 5.69 Å². The van der Waals surface area contributed by atoms with Crippen molar-refractivity contribution in [2.24, 2.45) is 0 Å². The van der Waals surface area contributed by atoms with Crippen LogP contribution < -0.4 is 5.32 Å². The lowest BCUT2D eigenvalue weighted by molar-refractivity contribution is 0.102. The van der Waals surface area contributed by atoms with E-state index in [1.807, 2.05) is 30.3 Å². The molecule has 6 nitrogen and oxygen atoms in total. The Morgan fingerprint density at radius 3 is 2.32 bits per heavy atom. The zero-order chi connectivity index (χ0) is 19.5. The van der Waals surface area contributed by atoms with E-state index in [9.17, 15) is 10.1 Å². The second kappa shape index (κ2) is 7.43. The number of nitrogens with one attached hydrogen (secondary N) is 1. The predicted molar refractivity (Wildman–Crippen MR) is 107 cm³/mol. The molecule has 0 aliphatic heterocycles. The van der Waals surface area contributed by atoms with Crippen LogP contribution in [-0.2, 0) is 0 Å². The summed E-state index contributed by atoms with van der Waals surface area (Å²) in [5.74, 6) is 0.0249. The number of aromatic nitrogens is 3. The van der Waals surface area contributed by atoms with E-state index in [1.165, 1.54) is 0 Å². The van der Waals surface area contributed by atoms with Crippen LogP contribution in [0.5, 0.6) is 0 Å². The zero-order valence-corrected chi connectivity index (χ0v) is 15.3. The van der Waals surface area contributed by atoms with Crippen LogP contribution in [0.2, 0.25) is 5.02 Å². The number of para-hydroxylation sites is 1. The lowest BCUT2D eigenvalue weighted by Crippen LogP contribution is -2.14. The van der Waals surface area contributed by atoms with Crippen molar-refractivity contribution in [3.05, 3.63) is 95.4 Å². The first-order chi connectivity index (χ1) is 13.7. The molecule has 1 N–H and O–H groups in total. The topological polar surface area (TPSA) is 75.6 Å². The Kier molecular flexibility index (Phi) is 4.67. The summed E-state index contributed by atoms with van der Waals surface area (Å²) >= 11 is 5.99. The molecule has 1 amide bonds. The zero-order valence-electron chi connectivity index (χ0n) is 14.6. The number of carbonyl (C=O) groups excluding carboxylic acids is 1. The van der Waals surface area contributed by atoms with E-state index in [0.29, 0.717) is 22.2 Å². The Morgan fingerprint density at radius 2 is 1.68 bits per heavy atom. The van der Waals surface area contributed by atoms with Crippen molar-refractivity contribution >= 4 is 23.2 Å². The molecule has 0 radical (unpaired) electrons. The second-order valence-corrected chi connectivity index (χ2v) is 6.39. The lowest BCUT2D eigenvalue weighted by atomic mass is 10.2. The van der Waals surface area contributed by atoms with Gasteiger partial charge >= 0.3 is 0 Å². The van der Waals surface area contributed by atoms with Crippen LogP contribution in [0.3, 0.4) is 0 Å². The summed E-state index contributed by atoms with van der Waals surface area (Å²) in [6.07, 6.45) is 3.59. The Hall–Kier alpha value is -3.82. The highest BCUT2D eigenvalue weighted by Gasteiger charge is 2.25. The first-order valence-corrected chi connectivity index (χ1v) is 8.84. The van der Waals surface area contributed by atoms with Gasteiger partial charge in [0.05, 0.1) is 5.69 Å². The van der Waals surface area contributed by atoms with Gasteiger partial charge in [-0.05, 0) is 48.5 Å². The van der Waals surface area contributed by atoms with Crippen molar-refractivity contribution < 1.29 is 4.79 Å². The Labute approximate surface area is 166 Å².